The molecule has 0 aliphatic carbocycles. The molecule has 3 heterocycles. The number of aryl methyl sites for hydroxylation is 1. The van der Waals surface area contributed by atoms with E-state index < -0.39 is 0 Å². The number of benzene rings is 1. The average Bonchev–Trinajstić information content (AvgIpc) is 3.23. The minimum absolute atomic E-state index is 0.00400. The zero-order chi connectivity index (χ0) is 19.0. The van der Waals surface area contributed by atoms with Crippen LogP contribution in [0.2, 0.25) is 0 Å². The molecular formula is C19H25N5O2S. The normalized spacial score (nSPS) is 22.0. The lowest BCUT2D eigenvalue weighted by atomic mass is 10.00. The molecule has 0 radical (unpaired) electrons. The molecule has 2 aromatic rings. The van der Waals surface area contributed by atoms with Crippen LogP contribution in [0, 0.1) is 0 Å². The molecule has 2 aliphatic heterocycles. The van der Waals surface area contributed by atoms with Gasteiger partial charge in [-0.15, -0.1) is 5.10 Å². The van der Waals surface area contributed by atoms with E-state index in [1.165, 1.54) is 4.68 Å². The number of thioether (sulfide) groups is 1. The predicted molar refractivity (Wildman–Crippen MR) is 104 cm³/mol. The highest BCUT2D eigenvalue weighted by atomic mass is 32.2. The number of ether oxygens (including phenoxy) is 1. The highest BCUT2D eigenvalue weighted by Gasteiger charge is 2.43. The Bertz CT molecular complexity index is 814. The van der Waals surface area contributed by atoms with Crippen LogP contribution in [-0.2, 0) is 6.42 Å². The van der Waals surface area contributed by atoms with Crippen LogP contribution in [0.3, 0.4) is 0 Å². The van der Waals surface area contributed by atoms with Gasteiger partial charge >= 0.3 is 0 Å². The fourth-order valence-electron chi connectivity index (χ4n) is 3.67. The number of likely N-dealkylation sites (N-methyl/N-ethyl adjacent to an activating group) is 1. The van der Waals surface area contributed by atoms with Gasteiger partial charge < -0.3 is 9.64 Å². The summed E-state index contributed by atoms with van der Waals surface area (Å²) in [7, 11) is 3.81. The molecule has 1 aromatic carbocycles. The molecule has 2 atom stereocenters. The van der Waals surface area contributed by atoms with Crippen LogP contribution in [0.1, 0.15) is 29.1 Å². The van der Waals surface area contributed by atoms with Crippen molar-refractivity contribution in [3.05, 3.63) is 35.7 Å². The Morgan fingerprint density at radius 3 is 2.52 bits per heavy atom. The molecule has 0 amide bonds. The van der Waals surface area contributed by atoms with E-state index >= 15 is 0 Å². The molecule has 1 aromatic heterocycles. The van der Waals surface area contributed by atoms with Crippen molar-refractivity contribution in [1.29, 1.82) is 0 Å². The first-order valence-electron chi connectivity index (χ1n) is 9.34. The number of rotatable bonds is 5. The van der Waals surface area contributed by atoms with Gasteiger partial charge in [-0.25, -0.2) is 4.98 Å². The summed E-state index contributed by atoms with van der Waals surface area (Å²) >= 11 is 1.54. The molecule has 144 valence electrons. The summed E-state index contributed by atoms with van der Waals surface area (Å²) < 4.78 is 6.80. The molecule has 2 aliphatic rings. The maximum absolute atomic E-state index is 13.1. The van der Waals surface area contributed by atoms with Gasteiger partial charge in [-0.2, -0.15) is 4.68 Å². The van der Waals surface area contributed by atoms with Gasteiger partial charge in [0.05, 0.1) is 13.2 Å². The van der Waals surface area contributed by atoms with Crippen molar-refractivity contribution >= 4 is 17.7 Å². The largest absolute Gasteiger partial charge is 0.497 e. The quantitative estimate of drug-likeness (QED) is 0.777. The summed E-state index contributed by atoms with van der Waals surface area (Å²) in [5.74, 6) is 1.58. The molecule has 1 saturated heterocycles. The molecule has 0 N–H and O–H groups in total. The van der Waals surface area contributed by atoms with E-state index in [4.69, 9.17) is 4.74 Å². The van der Waals surface area contributed by atoms with Crippen molar-refractivity contribution in [1.82, 2.24) is 24.6 Å². The number of hydrogen-bond acceptors (Lipinski definition) is 7. The third-order valence-electron chi connectivity index (χ3n) is 5.30. The Balaban J connectivity index is 1.65. The number of nitrogens with zero attached hydrogens (tertiary/aromatic N) is 5. The van der Waals surface area contributed by atoms with E-state index in [1.807, 2.05) is 19.1 Å². The fourth-order valence-corrected chi connectivity index (χ4v) is 4.94. The Hall–Kier alpha value is -1.90. The van der Waals surface area contributed by atoms with Gasteiger partial charge in [0.1, 0.15) is 11.0 Å². The third kappa shape index (κ3) is 3.49. The molecular weight excluding hydrogens is 362 g/mol. The summed E-state index contributed by atoms with van der Waals surface area (Å²) in [4.78, 5) is 22.4. The van der Waals surface area contributed by atoms with Crippen molar-refractivity contribution in [3.63, 3.8) is 0 Å². The highest BCUT2D eigenvalue weighted by molar-refractivity contribution is 8.00. The summed E-state index contributed by atoms with van der Waals surface area (Å²) in [6.45, 7) is 5.88. The van der Waals surface area contributed by atoms with Crippen molar-refractivity contribution in [2.75, 3.05) is 40.3 Å². The highest BCUT2D eigenvalue weighted by Crippen LogP contribution is 2.41. The molecule has 7 nitrogen and oxygen atoms in total. The van der Waals surface area contributed by atoms with Gasteiger partial charge in [0.25, 0.3) is 5.91 Å². The van der Waals surface area contributed by atoms with E-state index in [1.54, 1.807) is 18.9 Å². The Labute approximate surface area is 163 Å². The zero-order valence-corrected chi connectivity index (χ0v) is 16.8. The van der Waals surface area contributed by atoms with E-state index in [-0.39, 0.29) is 17.2 Å². The van der Waals surface area contributed by atoms with Crippen LogP contribution >= 0.6 is 11.8 Å². The molecule has 4 rings (SSSR count). The maximum Gasteiger partial charge on any atom is 0.264 e. The lowest BCUT2D eigenvalue weighted by molar-refractivity contribution is 0.0766. The summed E-state index contributed by atoms with van der Waals surface area (Å²) in [6, 6.07) is 8.07. The minimum Gasteiger partial charge on any atom is -0.497 e. The molecule has 0 spiro atoms. The first-order valence-corrected chi connectivity index (χ1v) is 10.2. The SMILES string of the molecule is CCc1nc2n(n1)C(=O)C(C(c1ccc(OC)cc1)N1CCN(C)CC1)S2. The number of hydrogen-bond donors (Lipinski definition) is 0. The molecule has 8 heteroatoms. The second-order valence-electron chi connectivity index (χ2n) is 7.01. The number of piperazine rings is 1. The Morgan fingerprint density at radius 1 is 1.22 bits per heavy atom. The van der Waals surface area contributed by atoms with Gasteiger partial charge in [-0.1, -0.05) is 30.8 Å². The van der Waals surface area contributed by atoms with Gasteiger partial charge in [0, 0.05) is 32.6 Å². The first-order chi connectivity index (χ1) is 13.1. The number of fused-ring (bicyclic) bond motifs is 1. The van der Waals surface area contributed by atoms with Crippen LogP contribution < -0.4 is 4.74 Å². The third-order valence-corrected chi connectivity index (χ3v) is 6.49. The van der Waals surface area contributed by atoms with Crippen LogP contribution in [-0.4, -0.2) is 76.1 Å². The zero-order valence-electron chi connectivity index (χ0n) is 16.0. The van der Waals surface area contributed by atoms with Crippen molar-refractivity contribution in [2.45, 2.75) is 29.8 Å². The lowest BCUT2D eigenvalue weighted by Gasteiger charge is -2.39. The number of methoxy groups -OCH3 is 1. The second kappa shape index (κ2) is 7.61. The van der Waals surface area contributed by atoms with Crippen molar-refractivity contribution < 1.29 is 9.53 Å². The van der Waals surface area contributed by atoms with Gasteiger partial charge in [0.2, 0.25) is 0 Å². The lowest BCUT2D eigenvalue weighted by Crippen LogP contribution is -2.49. The number of aromatic nitrogens is 3. The van der Waals surface area contributed by atoms with Crippen LogP contribution in [0.25, 0.3) is 0 Å². The molecule has 1 fully saturated rings. The molecule has 27 heavy (non-hydrogen) atoms. The topological polar surface area (TPSA) is 63.5 Å². The van der Waals surface area contributed by atoms with E-state index in [9.17, 15) is 4.79 Å². The number of carbonyl (C=O) groups excluding carboxylic acids is 1. The van der Waals surface area contributed by atoms with Crippen LogP contribution in [0.4, 0.5) is 0 Å². The van der Waals surface area contributed by atoms with Crippen molar-refractivity contribution in [3.8, 4) is 5.75 Å². The molecule has 0 saturated carbocycles. The predicted octanol–water partition coefficient (Wildman–Crippen LogP) is 1.95. The van der Waals surface area contributed by atoms with Gasteiger partial charge in [-0.3, -0.25) is 9.69 Å². The van der Waals surface area contributed by atoms with E-state index in [0.717, 1.165) is 54.9 Å². The monoisotopic (exact) mass is 387 g/mol. The van der Waals surface area contributed by atoms with Crippen LogP contribution in [0.5, 0.6) is 5.75 Å². The minimum atomic E-state index is -0.234. The second-order valence-corrected chi connectivity index (χ2v) is 8.12. The fraction of sp³-hybridized carbons (Fsp3) is 0.526. The van der Waals surface area contributed by atoms with Gasteiger partial charge in [-0.05, 0) is 24.7 Å². The number of carbonyl (C=O) groups is 1. The first kappa shape index (κ1) is 18.5. The Kier molecular flexibility index (Phi) is 5.21. The van der Waals surface area contributed by atoms with Crippen molar-refractivity contribution in [2.24, 2.45) is 0 Å². The average molecular weight is 388 g/mol. The molecule has 2 unspecified atom stereocenters. The summed E-state index contributed by atoms with van der Waals surface area (Å²) in [5, 5.41) is 4.87. The standard InChI is InChI=1S/C19H25N5O2S/c1-4-15-20-19-24(21-15)18(25)17(27-19)16(23-11-9-22(2)10-12-23)13-5-7-14(26-3)8-6-13/h5-8,16-17H,4,9-12H2,1-3H3. The summed E-state index contributed by atoms with van der Waals surface area (Å²) in [5.41, 5.74) is 1.13. The smallest absolute Gasteiger partial charge is 0.264 e. The van der Waals surface area contributed by atoms with E-state index in [2.05, 4.69) is 39.1 Å². The summed E-state index contributed by atoms with van der Waals surface area (Å²) in [6.07, 6.45) is 0.735. The maximum atomic E-state index is 13.1. The Morgan fingerprint density at radius 2 is 1.93 bits per heavy atom. The van der Waals surface area contributed by atoms with Gasteiger partial charge in [0.15, 0.2) is 11.0 Å². The molecule has 0 bridgehead atoms. The van der Waals surface area contributed by atoms with E-state index in [0.29, 0.717) is 0 Å². The van der Waals surface area contributed by atoms with Crippen LogP contribution in [0.15, 0.2) is 29.4 Å².